The summed E-state index contributed by atoms with van der Waals surface area (Å²) in [5.74, 6) is 0.966. The highest BCUT2D eigenvalue weighted by atomic mass is 15.1. The lowest BCUT2D eigenvalue weighted by Gasteiger charge is -2.28. The number of nitrogens with zero attached hydrogens (tertiary/aromatic N) is 2. The SMILES string of the molecule is CNC(C)(C)c1cncn1CCC1CCC1. The van der Waals surface area contributed by atoms with E-state index in [1.165, 1.54) is 31.4 Å². The minimum Gasteiger partial charge on any atom is -0.333 e. The molecular formula is C13H23N3. The second kappa shape index (κ2) is 4.58. The van der Waals surface area contributed by atoms with Crippen molar-refractivity contribution in [3.05, 3.63) is 18.2 Å². The third-order valence-electron chi connectivity index (χ3n) is 3.98. The molecule has 1 saturated carbocycles. The lowest BCUT2D eigenvalue weighted by molar-refractivity contribution is 0.277. The molecule has 1 aromatic heterocycles. The van der Waals surface area contributed by atoms with Gasteiger partial charge in [-0.1, -0.05) is 19.3 Å². The number of aromatic nitrogens is 2. The molecular weight excluding hydrogens is 198 g/mol. The van der Waals surface area contributed by atoms with Gasteiger partial charge in [0.1, 0.15) is 0 Å². The van der Waals surface area contributed by atoms with Gasteiger partial charge in [-0.15, -0.1) is 0 Å². The van der Waals surface area contributed by atoms with Gasteiger partial charge in [0.15, 0.2) is 0 Å². The zero-order chi connectivity index (χ0) is 11.6. The quantitative estimate of drug-likeness (QED) is 0.828. The summed E-state index contributed by atoms with van der Waals surface area (Å²) in [6.45, 7) is 5.51. The molecule has 16 heavy (non-hydrogen) atoms. The van der Waals surface area contributed by atoms with E-state index in [2.05, 4.69) is 28.7 Å². The van der Waals surface area contributed by atoms with E-state index in [9.17, 15) is 0 Å². The van der Waals surface area contributed by atoms with Crippen molar-refractivity contribution in [2.75, 3.05) is 7.05 Å². The molecule has 0 spiro atoms. The molecule has 0 atom stereocenters. The Morgan fingerprint density at radius 1 is 1.50 bits per heavy atom. The van der Waals surface area contributed by atoms with Crippen LogP contribution in [0.15, 0.2) is 12.5 Å². The maximum Gasteiger partial charge on any atom is 0.0948 e. The van der Waals surface area contributed by atoms with Crippen LogP contribution in [-0.4, -0.2) is 16.6 Å². The molecule has 0 saturated heterocycles. The highest BCUT2D eigenvalue weighted by Gasteiger charge is 2.23. The van der Waals surface area contributed by atoms with E-state index in [-0.39, 0.29) is 5.54 Å². The summed E-state index contributed by atoms with van der Waals surface area (Å²) >= 11 is 0. The first kappa shape index (κ1) is 11.6. The molecule has 1 fully saturated rings. The summed E-state index contributed by atoms with van der Waals surface area (Å²) in [6.07, 6.45) is 9.55. The van der Waals surface area contributed by atoms with E-state index in [1.54, 1.807) is 0 Å². The first-order valence-corrected chi connectivity index (χ1v) is 6.33. The largest absolute Gasteiger partial charge is 0.333 e. The van der Waals surface area contributed by atoms with E-state index in [4.69, 9.17) is 0 Å². The molecule has 0 radical (unpaired) electrons. The van der Waals surface area contributed by atoms with Gasteiger partial charge in [-0.3, -0.25) is 0 Å². The Hall–Kier alpha value is -0.830. The topological polar surface area (TPSA) is 29.9 Å². The lowest BCUT2D eigenvalue weighted by Crippen LogP contribution is -2.35. The van der Waals surface area contributed by atoms with Gasteiger partial charge in [-0.05, 0) is 33.2 Å². The first-order valence-electron chi connectivity index (χ1n) is 6.33. The maximum atomic E-state index is 4.28. The Balaban J connectivity index is 2.00. The van der Waals surface area contributed by atoms with Gasteiger partial charge >= 0.3 is 0 Å². The fourth-order valence-electron chi connectivity index (χ4n) is 2.25. The zero-order valence-corrected chi connectivity index (χ0v) is 10.7. The molecule has 0 bridgehead atoms. The van der Waals surface area contributed by atoms with E-state index in [0.29, 0.717) is 0 Å². The van der Waals surface area contributed by atoms with Gasteiger partial charge in [0.2, 0.25) is 0 Å². The molecule has 3 nitrogen and oxygen atoms in total. The number of hydrogen-bond acceptors (Lipinski definition) is 2. The molecule has 0 aromatic carbocycles. The van der Waals surface area contributed by atoms with Gasteiger partial charge in [0, 0.05) is 12.7 Å². The van der Waals surface area contributed by atoms with Crippen molar-refractivity contribution < 1.29 is 0 Å². The highest BCUT2D eigenvalue weighted by Crippen LogP contribution is 2.30. The van der Waals surface area contributed by atoms with Crippen LogP contribution < -0.4 is 5.32 Å². The van der Waals surface area contributed by atoms with Gasteiger partial charge in [-0.2, -0.15) is 0 Å². The predicted octanol–water partition coefficient (Wildman–Crippen LogP) is 2.53. The van der Waals surface area contributed by atoms with Crippen LogP contribution >= 0.6 is 0 Å². The summed E-state index contributed by atoms with van der Waals surface area (Å²) in [7, 11) is 2.00. The Bertz CT molecular complexity index is 337. The van der Waals surface area contributed by atoms with Crippen LogP contribution in [0.1, 0.15) is 45.2 Å². The highest BCUT2D eigenvalue weighted by molar-refractivity contribution is 5.10. The molecule has 3 heteroatoms. The normalized spacial score (nSPS) is 17.4. The van der Waals surface area contributed by atoms with Crippen molar-refractivity contribution in [3.63, 3.8) is 0 Å². The Labute approximate surface area is 98.3 Å². The molecule has 2 rings (SSSR count). The Morgan fingerprint density at radius 2 is 2.25 bits per heavy atom. The van der Waals surface area contributed by atoms with Crippen LogP contribution in [0.5, 0.6) is 0 Å². The van der Waals surface area contributed by atoms with Crippen LogP contribution in [0.3, 0.4) is 0 Å². The molecule has 1 aliphatic carbocycles. The zero-order valence-electron chi connectivity index (χ0n) is 10.7. The van der Waals surface area contributed by atoms with Crippen molar-refractivity contribution in [2.45, 2.75) is 51.6 Å². The minimum absolute atomic E-state index is 0.0100. The number of nitrogens with one attached hydrogen (secondary N) is 1. The fourth-order valence-corrected chi connectivity index (χ4v) is 2.25. The second-order valence-corrected chi connectivity index (χ2v) is 5.43. The number of hydrogen-bond donors (Lipinski definition) is 1. The summed E-state index contributed by atoms with van der Waals surface area (Å²) in [5.41, 5.74) is 1.30. The number of rotatable bonds is 5. The van der Waals surface area contributed by atoms with E-state index < -0.39 is 0 Å². The van der Waals surface area contributed by atoms with Crippen LogP contribution in [0.2, 0.25) is 0 Å². The minimum atomic E-state index is 0.0100. The maximum absolute atomic E-state index is 4.28. The summed E-state index contributed by atoms with van der Waals surface area (Å²) in [5, 5.41) is 3.34. The molecule has 1 aromatic rings. The molecule has 0 unspecified atom stereocenters. The molecule has 1 N–H and O–H groups in total. The van der Waals surface area contributed by atoms with Crippen molar-refractivity contribution in [1.29, 1.82) is 0 Å². The predicted molar refractivity (Wildman–Crippen MR) is 66.3 cm³/mol. The summed E-state index contributed by atoms with van der Waals surface area (Å²) in [4.78, 5) is 4.28. The molecule has 1 heterocycles. The van der Waals surface area contributed by atoms with E-state index in [0.717, 1.165) is 12.5 Å². The van der Waals surface area contributed by atoms with Crippen LogP contribution in [0, 0.1) is 5.92 Å². The van der Waals surface area contributed by atoms with Crippen molar-refractivity contribution in [2.24, 2.45) is 5.92 Å². The van der Waals surface area contributed by atoms with E-state index >= 15 is 0 Å². The number of imidazole rings is 1. The standard InChI is InChI=1S/C13H23N3/c1-13(2,14-3)12-9-15-10-16(12)8-7-11-5-4-6-11/h9-11,14H,4-8H2,1-3H3. The van der Waals surface area contributed by atoms with Crippen LogP contribution in [-0.2, 0) is 12.1 Å². The third kappa shape index (κ3) is 2.29. The number of aryl methyl sites for hydroxylation is 1. The second-order valence-electron chi connectivity index (χ2n) is 5.43. The monoisotopic (exact) mass is 221 g/mol. The molecule has 0 amide bonds. The average Bonchev–Trinajstić information content (AvgIpc) is 2.64. The van der Waals surface area contributed by atoms with Gasteiger partial charge in [0.25, 0.3) is 0 Å². The van der Waals surface area contributed by atoms with Crippen molar-refractivity contribution >= 4 is 0 Å². The fraction of sp³-hybridized carbons (Fsp3) is 0.769. The van der Waals surface area contributed by atoms with Gasteiger partial charge < -0.3 is 9.88 Å². The van der Waals surface area contributed by atoms with Gasteiger partial charge in [-0.25, -0.2) is 4.98 Å². The average molecular weight is 221 g/mol. The smallest absolute Gasteiger partial charge is 0.0948 e. The Kier molecular flexibility index (Phi) is 3.33. The lowest BCUT2D eigenvalue weighted by atomic mass is 9.83. The summed E-state index contributed by atoms with van der Waals surface area (Å²) < 4.78 is 2.30. The Morgan fingerprint density at radius 3 is 2.81 bits per heavy atom. The molecule has 90 valence electrons. The summed E-state index contributed by atoms with van der Waals surface area (Å²) in [6, 6.07) is 0. The first-order chi connectivity index (χ1) is 7.63. The van der Waals surface area contributed by atoms with Gasteiger partial charge in [0.05, 0.1) is 17.6 Å². The molecule has 1 aliphatic rings. The van der Waals surface area contributed by atoms with Crippen LogP contribution in [0.25, 0.3) is 0 Å². The van der Waals surface area contributed by atoms with E-state index in [1.807, 2.05) is 19.6 Å². The third-order valence-corrected chi connectivity index (χ3v) is 3.98. The van der Waals surface area contributed by atoms with Crippen LogP contribution in [0.4, 0.5) is 0 Å². The van der Waals surface area contributed by atoms with Crippen molar-refractivity contribution in [3.8, 4) is 0 Å². The molecule has 0 aliphatic heterocycles. The van der Waals surface area contributed by atoms with Crippen molar-refractivity contribution in [1.82, 2.24) is 14.9 Å².